The van der Waals surface area contributed by atoms with Crippen molar-refractivity contribution in [2.24, 2.45) is 0 Å². The van der Waals surface area contributed by atoms with Gasteiger partial charge in [-0.25, -0.2) is 0 Å². The van der Waals surface area contributed by atoms with E-state index in [4.69, 9.17) is 14.2 Å². The molecule has 0 spiro atoms. The van der Waals surface area contributed by atoms with Gasteiger partial charge in [-0.2, -0.15) is 5.10 Å². The highest BCUT2D eigenvalue weighted by atomic mass is 16.5. The number of hydrogen-bond acceptors (Lipinski definition) is 6. The molecule has 0 saturated heterocycles. The number of aromatic hydroxyl groups is 1. The largest absolute Gasteiger partial charge is 0.507 e. The Kier molecular flexibility index (Phi) is 7.02. The number of H-pyrrole nitrogens is 1. The van der Waals surface area contributed by atoms with Crippen LogP contribution in [0.5, 0.6) is 23.0 Å². The minimum absolute atomic E-state index is 0.139. The van der Waals surface area contributed by atoms with E-state index in [0.29, 0.717) is 47.2 Å². The molecule has 1 aliphatic heterocycles. The molecule has 0 saturated carbocycles. The Bertz CT molecular complexity index is 1540. The van der Waals surface area contributed by atoms with E-state index < -0.39 is 6.04 Å². The normalized spacial score (nSPS) is 14.3. The Hall–Kier alpha value is -4.72. The second kappa shape index (κ2) is 10.6. The zero-order chi connectivity index (χ0) is 27.7. The fourth-order valence-corrected chi connectivity index (χ4v) is 5.10. The van der Waals surface area contributed by atoms with Crippen molar-refractivity contribution in [1.29, 1.82) is 0 Å². The zero-order valence-corrected chi connectivity index (χ0v) is 22.4. The van der Waals surface area contributed by atoms with Gasteiger partial charge in [-0.05, 0) is 66.4 Å². The quantitative estimate of drug-likeness (QED) is 0.271. The molecule has 0 fully saturated rings. The average molecular weight is 526 g/mol. The van der Waals surface area contributed by atoms with Gasteiger partial charge in [0, 0.05) is 17.7 Å². The Balaban J connectivity index is 1.66. The predicted octanol–water partition coefficient (Wildman–Crippen LogP) is 5.73. The number of aromatic nitrogens is 2. The minimum atomic E-state index is -0.495. The van der Waals surface area contributed by atoms with Crippen molar-refractivity contribution >= 4 is 5.91 Å². The Morgan fingerprint density at radius 3 is 2.51 bits per heavy atom. The van der Waals surface area contributed by atoms with Gasteiger partial charge in [-0.3, -0.25) is 9.89 Å². The summed E-state index contributed by atoms with van der Waals surface area (Å²) in [7, 11) is 3.20. The number of rotatable bonds is 9. The first-order valence-corrected chi connectivity index (χ1v) is 12.6. The van der Waals surface area contributed by atoms with Crippen LogP contribution in [0.3, 0.4) is 0 Å². The van der Waals surface area contributed by atoms with E-state index in [0.717, 1.165) is 28.0 Å². The second-order valence-electron chi connectivity index (χ2n) is 9.53. The summed E-state index contributed by atoms with van der Waals surface area (Å²) in [5.74, 6) is 1.82. The van der Waals surface area contributed by atoms with E-state index in [1.807, 2.05) is 68.4 Å². The third-order valence-electron chi connectivity index (χ3n) is 6.94. The number of carbonyl (C=O) groups excluding carboxylic acids is 1. The van der Waals surface area contributed by atoms with Crippen molar-refractivity contribution in [1.82, 2.24) is 15.1 Å². The van der Waals surface area contributed by atoms with Crippen molar-refractivity contribution in [3.8, 4) is 34.3 Å². The van der Waals surface area contributed by atoms with E-state index in [-0.39, 0.29) is 11.7 Å². The molecule has 1 amide bonds. The Labute approximate surface area is 227 Å². The van der Waals surface area contributed by atoms with E-state index in [1.54, 1.807) is 25.2 Å². The number of phenols is 1. The maximum Gasteiger partial charge on any atom is 0.273 e. The van der Waals surface area contributed by atoms with E-state index in [1.165, 1.54) is 0 Å². The summed E-state index contributed by atoms with van der Waals surface area (Å²) < 4.78 is 16.7. The van der Waals surface area contributed by atoms with Crippen molar-refractivity contribution in [3.63, 3.8) is 0 Å². The highest BCUT2D eigenvalue weighted by Crippen LogP contribution is 2.47. The fourth-order valence-electron chi connectivity index (χ4n) is 5.10. The first-order valence-electron chi connectivity index (χ1n) is 12.6. The van der Waals surface area contributed by atoms with Crippen molar-refractivity contribution in [2.45, 2.75) is 26.4 Å². The number of phenolic OH excluding ortho intramolecular Hbond substituents is 1. The van der Waals surface area contributed by atoms with Crippen LogP contribution in [-0.4, -0.2) is 46.9 Å². The van der Waals surface area contributed by atoms with Gasteiger partial charge in [-0.15, -0.1) is 0 Å². The third-order valence-corrected chi connectivity index (χ3v) is 6.94. The van der Waals surface area contributed by atoms with Crippen molar-refractivity contribution < 1.29 is 24.1 Å². The molecule has 200 valence electrons. The highest BCUT2D eigenvalue weighted by molar-refractivity contribution is 6.00. The van der Waals surface area contributed by atoms with Crippen LogP contribution < -0.4 is 14.2 Å². The lowest BCUT2D eigenvalue weighted by atomic mass is 9.93. The summed E-state index contributed by atoms with van der Waals surface area (Å²) >= 11 is 0. The number of methoxy groups -OCH3 is 2. The van der Waals surface area contributed by atoms with E-state index in [2.05, 4.69) is 16.8 Å². The fraction of sp³-hybridized carbons (Fsp3) is 0.226. The summed E-state index contributed by atoms with van der Waals surface area (Å²) in [6.45, 7) is 8.22. The molecule has 0 radical (unpaired) electrons. The molecule has 1 atom stereocenters. The maximum atomic E-state index is 13.8. The van der Waals surface area contributed by atoms with Crippen molar-refractivity contribution in [2.75, 3.05) is 20.8 Å². The molecular formula is C31H31N3O5. The lowest BCUT2D eigenvalue weighted by molar-refractivity contribution is 0.0730. The topological polar surface area (TPSA) is 96.9 Å². The van der Waals surface area contributed by atoms with Gasteiger partial charge in [0.25, 0.3) is 5.91 Å². The molecule has 4 aromatic rings. The molecule has 1 aromatic heterocycles. The van der Waals surface area contributed by atoms with Crippen LogP contribution in [0.4, 0.5) is 0 Å². The van der Waals surface area contributed by atoms with Crippen LogP contribution in [-0.2, 0) is 6.54 Å². The minimum Gasteiger partial charge on any atom is -0.507 e. The number of hydrogen-bond donors (Lipinski definition) is 2. The van der Waals surface area contributed by atoms with E-state index in [9.17, 15) is 9.90 Å². The molecule has 8 nitrogen and oxygen atoms in total. The van der Waals surface area contributed by atoms with Gasteiger partial charge in [0.15, 0.2) is 11.5 Å². The van der Waals surface area contributed by atoms with Gasteiger partial charge in [0.2, 0.25) is 0 Å². The maximum absolute atomic E-state index is 13.8. The molecule has 8 heteroatoms. The third kappa shape index (κ3) is 4.69. The number of carbonyl (C=O) groups is 1. The summed E-state index contributed by atoms with van der Waals surface area (Å²) in [4.78, 5) is 15.6. The number of ether oxygens (including phenoxy) is 3. The lowest BCUT2D eigenvalue weighted by Gasteiger charge is -2.27. The Morgan fingerprint density at radius 1 is 1.05 bits per heavy atom. The van der Waals surface area contributed by atoms with Crippen molar-refractivity contribution in [3.05, 3.63) is 101 Å². The summed E-state index contributed by atoms with van der Waals surface area (Å²) in [6, 6.07) is 16.6. The molecule has 39 heavy (non-hydrogen) atoms. The van der Waals surface area contributed by atoms with Crippen LogP contribution in [0.2, 0.25) is 0 Å². The first kappa shape index (κ1) is 25.9. The predicted molar refractivity (Wildman–Crippen MR) is 149 cm³/mol. The van der Waals surface area contributed by atoms with E-state index >= 15 is 0 Å². The van der Waals surface area contributed by atoms with Crippen LogP contribution in [0.15, 0.2) is 67.3 Å². The van der Waals surface area contributed by atoms with Gasteiger partial charge in [0.1, 0.15) is 29.5 Å². The number of nitrogens with one attached hydrogen (secondary N) is 1. The molecule has 3 aromatic carbocycles. The molecule has 5 rings (SSSR count). The van der Waals surface area contributed by atoms with Crippen LogP contribution in [0.1, 0.15) is 44.3 Å². The van der Waals surface area contributed by atoms with Gasteiger partial charge < -0.3 is 24.2 Å². The number of benzene rings is 3. The monoisotopic (exact) mass is 525 g/mol. The summed E-state index contributed by atoms with van der Waals surface area (Å²) in [5.41, 5.74) is 5.71. The molecule has 2 heterocycles. The van der Waals surface area contributed by atoms with Gasteiger partial charge in [-0.1, -0.05) is 36.9 Å². The summed E-state index contributed by atoms with van der Waals surface area (Å²) in [6.07, 6.45) is 1.67. The number of amides is 1. The standard InChI is InChI=1S/C31H31N3O5/c1-6-13-39-24-12-9-21(16-25(24)38-5)29-26-27(23-15-18(2)14-19(3)30(23)35)32-33-28(26)31(36)34(29)17-20-7-10-22(37-4)11-8-20/h6-12,14-16,29,35H,1,13,17H2,2-5H3,(H,32,33). The van der Waals surface area contributed by atoms with Crippen LogP contribution in [0.25, 0.3) is 11.3 Å². The second-order valence-corrected chi connectivity index (χ2v) is 9.53. The number of aromatic amines is 1. The Morgan fingerprint density at radius 2 is 1.82 bits per heavy atom. The molecular weight excluding hydrogens is 494 g/mol. The number of nitrogens with zero attached hydrogens (tertiary/aromatic N) is 2. The average Bonchev–Trinajstić information content (AvgIpc) is 3.48. The molecule has 0 bridgehead atoms. The van der Waals surface area contributed by atoms with Crippen LogP contribution in [0, 0.1) is 13.8 Å². The molecule has 0 aliphatic carbocycles. The smallest absolute Gasteiger partial charge is 0.273 e. The SMILES string of the molecule is C=CCOc1ccc(C2c3c(-c4cc(C)cc(C)c4O)n[nH]c3C(=O)N2Cc2ccc(OC)cc2)cc1OC. The summed E-state index contributed by atoms with van der Waals surface area (Å²) in [5, 5.41) is 18.5. The highest BCUT2D eigenvalue weighted by Gasteiger charge is 2.43. The van der Waals surface area contributed by atoms with Crippen LogP contribution >= 0.6 is 0 Å². The van der Waals surface area contributed by atoms with Gasteiger partial charge >= 0.3 is 0 Å². The number of aryl methyl sites for hydroxylation is 2. The lowest BCUT2D eigenvalue weighted by Crippen LogP contribution is -2.29. The number of fused-ring (bicyclic) bond motifs is 1. The molecule has 1 aliphatic rings. The molecule has 2 N–H and O–H groups in total. The zero-order valence-electron chi connectivity index (χ0n) is 22.4. The van der Waals surface area contributed by atoms with Gasteiger partial charge in [0.05, 0.1) is 20.3 Å². The molecule has 1 unspecified atom stereocenters. The first-order chi connectivity index (χ1) is 18.9.